The Hall–Kier alpha value is -1.81. The van der Waals surface area contributed by atoms with Gasteiger partial charge in [-0.2, -0.15) is 0 Å². The number of carboxylic acids is 1. The lowest BCUT2D eigenvalue weighted by atomic mass is 10.2. The van der Waals surface area contributed by atoms with Gasteiger partial charge in [-0.3, -0.25) is 4.79 Å². The van der Waals surface area contributed by atoms with Gasteiger partial charge in [-0.15, -0.1) is 11.6 Å². The predicted octanol–water partition coefficient (Wildman–Crippen LogP) is 2.74. The van der Waals surface area contributed by atoms with E-state index in [2.05, 4.69) is 5.32 Å². The molecule has 2 N–H and O–H groups in total. The highest BCUT2D eigenvalue weighted by atomic mass is 35.5. The number of amides is 1. The van der Waals surface area contributed by atoms with Crippen molar-refractivity contribution in [1.29, 1.82) is 0 Å². The molecule has 0 aliphatic carbocycles. The van der Waals surface area contributed by atoms with E-state index in [1.165, 1.54) is 6.08 Å². The van der Waals surface area contributed by atoms with Crippen LogP contribution in [-0.2, 0) is 9.59 Å². The minimum Gasteiger partial charge on any atom is -0.478 e. The van der Waals surface area contributed by atoms with Crippen LogP contribution in [0, 0.1) is 0 Å². The number of hydrogen-bond donors (Lipinski definition) is 2. The molecule has 5 heteroatoms. The fourth-order valence-corrected chi connectivity index (χ4v) is 1.47. The number of aliphatic carboxylic acids is 1. The van der Waals surface area contributed by atoms with Gasteiger partial charge in [0.05, 0.1) is 0 Å². The van der Waals surface area contributed by atoms with Gasteiger partial charge < -0.3 is 10.4 Å². The summed E-state index contributed by atoms with van der Waals surface area (Å²) in [4.78, 5) is 21.9. The Labute approximate surface area is 110 Å². The summed E-state index contributed by atoms with van der Waals surface area (Å²) >= 11 is 5.50. The highest BCUT2D eigenvalue weighted by Gasteiger charge is 2.01. The maximum Gasteiger partial charge on any atom is 0.328 e. The Balaban J connectivity index is 2.64. The number of anilines is 1. The van der Waals surface area contributed by atoms with Crippen LogP contribution in [0.15, 0.2) is 30.3 Å². The van der Waals surface area contributed by atoms with Gasteiger partial charge >= 0.3 is 5.97 Å². The van der Waals surface area contributed by atoms with Crippen LogP contribution >= 0.6 is 11.6 Å². The van der Waals surface area contributed by atoms with Gasteiger partial charge in [0.1, 0.15) is 0 Å². The number of hydrogen-bond acceptors (Lipinski definition) is 2. The van der Waals surface area contributed by atoms with Crippen molar-refractivity contribution < 1.29 is 14.7 Å². The molecular formula is C13H14ClNO3. The minimum absolute atomic E-state index is 0.102. The van der Waals surface area contributed by atoms with E-state index in [-0.39, 0.29) is 5.91 Å². The third-order valence-corrected chi connectivity index (χ3v) is 2.39. The Morgan fingerprint density at radius 1 is 1.39 bits per heavy atom. The summed E-state index contributed by atoms with van der Waals surface area (Å²) in [5, 5.41) is 11.2. The summed E-state index contributed by atoms with van der Waals surface area (Å²) in [7, 11) is 0. The Morgan fingerprint density at radius 3 is 2.83 bits per heavy atom. The van der Waals surface area contributed by atoms with Crippen LogP contribution in [-0.4, -0.2) is 22.9 Å². The summed E-state index contributed by atoms with van der Waals surface area (Å²) in [5.74, 6) is -0.656. The zero-order chi connectivity index (χ0) is 13.4. The maximum absolute atomic E-state index is 11.5. The summed E-state index contributed by atoms with van der Waals surface area (Å²) in [5.41, 5.74) is 1.36. The van der Waals surface area contributed by atoms with E-state index in [9.17, 15) is 9.59 Å². The molecule has 0 heterocycles. The van der Waals surface area contributed by atoms with Crippen LogP contribution in [0.3, 0.4) is 0 Å². The molecule has 0 fully saturated rings. The molecule has 1 amide bonds. The number of carbonyl (C=O) groups excluding carboxylic acids is 1. The quantitative estimate of drug-likeness (QED) is 0.615. The Kier molecular flexibility index (Phi) is 5.94. The number of carboxylic acid groups (broad SMARTS) is 1. The molecule has 0 radical (unpaired) electrons. The minimum atomic E-state index is -1.01. The molecule has 0 aliphatic heterocycles. The molecule has 0 aliphatic rings. The van der Waals surface area contributed by atoms with Gasteiger partial charge in [-0.1, -0.05) is 12.1 Å². The highest BCUT2D eigenvalue weighted by Crippen LogP contribution is 2.12. The summed E-state index contributed by atoms with van der Waals surface area (Å²) in [6, 6.07) is 6.96. The van der Waals surface area contributed by atoms with Gasteiger partial charge in [-0.25, -0.2) is 4.79 Å². The molecule has 1 rings (SSSR count). The lowest BCUT2D eigenvalue weighted by Crippen LogP contribution is -2.11. The zero-order valence-electron chi connectivity index (χ0n) is 9.73. The number of nitrogens with one attached hydrogen (secondary N) is 1. The number of benzene rings is 1. The van der Waals surface area contributed by atoms with Crippen LogP contribution in [0.1, 0.15) is 18.4 Å². The molecule has 0 saturated heterocycles. The van der Waals surface area contributed by atoms with E-state index in [1.807, 2.05) is 0 Å². The van der Waals surface area contributed by atoms with Gasteiger partial charge in [0.25, 0.3) is 0 Å². The molecule has 0 bridgehead atoms. The van der Waals surface area contributed by atoms with Gasteiger partial charge in [0.2, 0.25) is 5.91 Å². The number of halogens is 1. The first-order chi connectivity index (χ1) is 8.61. The second kappa shape index (κ2) is 7.50. The monoisotopic (exact) mass is 267 g/mol. The van der Waals surface area contributed by atoms with Crippen molar-refractivity contribution in [3.8, 4) is 0 Å². The van der Waals surface area contributed by atoms with Crippen molar-refractivity contribution in [1.82, 2.24) is 0 Å². The normalized spacial score (nSPS) is 10.5. The largest absolute Gasteiger partial charge is 0.478 e. The molecule has 1 aromatic rings. The second-order valence-electron chi connectivity index (χ2n) is 3.64. The topological polar surface area (TPSA) is 66.4 Å². The summed E-state index contributed by atoms with van der Waals surface area (Å²) < 4.78 is 0. The van der Waals surface area contributed by atoms with Crippen LogP contribution < -0.4 is 5.32 Å². The van der Waals surface area contributed by atoms with Crippen molar-refractivity contribution in [3.63, 3.8) is 0 Å². The standard InChI is InChI=1S/C13H14ClNO3/c14-8-2-5-12(16)15-11-4-1-3-10(9-11)6-7-13(17)18/h1,3-4,6-7,9H,2,5,8H2,(H,15,16)(H,17,18)/b7-6+. The molecule has 4 nitrogen and oxygen atoms in total. The fraction of sp³-hybridized carbons (Fsp3) is 0.231. The third kappa shape index (κ3) is 5.50. The molecule has 0 unspecified atom stereocenters. The molecule has 96 valence electrons. The van der Waals surface area contributed by atoms with Gasteiger partial charge in [0.15, 0.2) is 0 Å². The smallest absolute Gasteiger partial charge is 0.328 e. The van der Waals surface area contributed by atoms with Crippen molar-refractivity contribution in [2.75, 3.05) is 11.2 Å². The SMILES string of the molecule is O=C(O)/C=C/c1cccc(NC(=O)CCCCl)c1. The predicted molar refractivity (Wildman–Crippen MR) is 71.7 cm³/mol. The maximum atomic E-state index is 11.5. The van der Waals surface area contributed by atoms with Crippen LogP contribution in [0.2, 0.25) is 0 Å². The van der Waals surface area contributed by atoms with E-state index in [0.29, 0.717) is 30.0 Å². The Morgan fingerprint density at radius 2 is 2.17 bits per heavy atom. The van der Waals surface area contributed by atoms with E-state index in [1.54, 1.807) is 24.3 Å². The third-order valence-electron chi connectivity index (χ3n) is 2.13. The van der Waals surface area contributed by atoms with Crippen molar-refractivity contribution >= 4 is 35.2 Å². The zero-order valence-corrected chi connectivity index (χ0v) is 10.5. The fourth-order valence-electron chi connectivity index (χ4n) is 1.34. The number of alkyl halides is 1. The molecule has 0 spiro atoms. The van der Waals surface area contributed by atoms with E-state index >= 15 is 0 Å². The molecule has 0 aromatic heterocycles. The molecule has 1 aromatic carbocycles. The van der Waals surface area contributed by atoms with Crippen LogP contribution in [0.4, 0.5) is 5.69 Å². The van der Waals surface area contributed by atoms with Crippen molar-refractivity contribution in [2.24, 2.45) is 0 Å². The van der Waals surface area contributed by atoms with E-state index < -0.39 is 5.97 Å². The first kappa shape index (κ1) is 14.3. The van der Waals surface area contributed by atoms with E-state index in [0.717, 1.165) is 6.08 Å². The first-order valence-corrected chi connectivity index (χ1v) is 6.02. The van der Waals surface area contributed by atoms with Crippen molar-refractivity contribution in [2.45, 2.75) is 12.8 Å². The lowest BCUT2D eigenvalue weighted by molar-refractivity contribution is -0.131. The van der Waals surface area contributed by atoms with Crippen LogP contribution in [0.25, 0.3) is 6.08 Å². The highest BCUT2D eigenvalue weighted by molar-refractivity contribution is 6.18. The van der Waals surface area contributed by atoms with Crippen molar-refractivity contribution in [3.05, 3.63) is 35.9 Å². The van der Waals surface area contributed by atoms with Crippen LogP contribution in [0.5, 0.6) is 0 Å². The summed E-state index contributed by atoms with van der Waals surface area (Å²) in [6.07, 6.45) is 3.52. The number of rotatable bonds is 6. The summed E-state index contributed by atoms with van der Waals surface area (Å²) in [6.45, 7) is 0. The lowest BCUT2D eigenvalue weighted by Gasteiger charge is -2.05. The van der Waals surface area contributed by atoms with Gasteiger partial charge in [-0.05, 0) is 30.2 Å². The number of carbonyl (C=O) groups is 2. The van der Waals surface area contributed by atoms with Gasteiger partial charge in [0, 0.05) is 24.1 Å². The Bertz CT molecular complexity index is 457. The second-order valence-corrected chi connectivity index (χ2v) is 4.02. The molecular weight excluding hydrogens is 254 g/mol. The van der Waals surface area contributed by atoms with E-state index in [4.69, 9.17) is 16.7 Å². The average molecular weight is 268 g/mol. The molecule has 0 atom stereocenters. The molecule has 18 heavy (non-hydrogen) atoms. The first-order valence-electron chi connectivity index (χ1n) is 5.48. The average Bonchev–Trinajstić information content (AvgIpc) is 2.34. The molecule has 0 saturated carbocycles.